The SMILES string of the molecule is C=CCn1c(=O)c2cnc(Nc3ccc(N4CCC5(CCN(C)CC5)CC4)cc3)nc2n1-c1cccc(C2CC2)n1. The number of fused-ring (bicyclic) bond motifs is 1. The van der Waals surface area contributed by atoms with Crippen molar-refractivity contribution in [2.45, 2.75) is 51.0 Å². The second-order valence-corrected chi connectivity index (χ2v) is 12.1. The van der Waals surface area contributed by atoms with Gasteiger partial charge < -0.3 is 15.1 Å². The third-order valence-electron chi connectivity index (χ3n) is 9.31. The second-order valence-electron chi connectivity index (χ2n) is 12.1. The van der Waals surface area contributed by atoms with Crippen LogP contribution >= 0.6 is 0 Å². The molecule has 5 heterocycles. The second kappa shape index (κ2) is 10.4. The van der Waals surface area contributed by atoms with E-state index >= 15 is 0 Å². The maximum absolute atomic E-state index is 13.3. The number of likely N-dealkylation sites (tertiary alicyclic amines) is 1. The summed E-state index contributed by atoms with van der Waals surface area (Å²) in [5.74, 6) is 1.63. The number of piperidine rings is 2. The largest absolute Gasteiger partial charge is 0.371 e. The van der Waals surface area contributed by atoms with Crippen LogP contribution in [0.15, 0.2) is 66.1 Å². The first-order valence-corrected chi connectivity index (χ1v) is 14.9. The van der Waals surface area contributed by atoms with Gasteiger partial charge in [-0.3, -0.25) is 4.79 Å². The fourth-order valence-electron chi connectivity index (χ4n) is 6.49. The molecule has 1 aromatic carbocycles. The number of hydrogen-bond acceptors (Lipinski definition) is 7. The molecular weight excluding hydrogens is 512 g/mol. The fourth-order valence-corrected chi connectivity index (χ4v) is 6.49. The Kier molecular flexibility index (Phi) is 6.61. The third kappa shape index (κ3) is 5.03. The van der Waals surface area contributed by atoms with Crippen LogP contribution in [0, 0.1) is 5.41 Å². The summed E-state index contributed by atoms with van der Waals surface area (Å²) in [6.45, 7) is 8.89. The quantitative estimate of drug-likeness (QED) is 0.321. The van der Waals surface area contributed by atoms with Crippen molar-refractivity contribution in [2.24, 2.45) is 5.41 Å². The van der Waals surface area contributed by atoms with Gasteiger partial charge in [0.05, 0.1) is 6.54 Å². The first-order valence-electron chi connectivity index (χ1n) is 14.9. The molecule has 0 unspecified atom stereocenters. The summed E-state index contributed by atoms with van der Waals surface area (Å²) in [5, 5.41) is 3.80. The van der Waals surface area contributed by atoms with E-state index in [4.69, 9.17) is 9.97 Å². The van der Waals surface area contributed by atoms with Crippen molar-refractivity contribution in [2.75, 3.05) is 43.4 Å². The lowest BCUT2D eigenvalue weighted by Gasteiger charge is -2.46. The van der Waals surface area contributed by atoms with Crippen LogP contribution in [-0.2, 0) is 6.54 Å². The molecule has 2 saturated heterocycles. The molecule has 1 aliphatic carbocycles. The maximum atomic E-state index is 13.3. The zero-order valence-electron chi connectivity index (χ0n) is 23.8. The summed E-state index contributed by atoms with van der Waals surface area (Å²) in [7, 11) is 2.24. The number of rotatable bonds is 7. The molecule has 0 radical (unpaired) electrons. The summed E-state index contributed by atoms with van der Waals surface area (Å²) in [6.07, 6.45) is 10.9. The topological polar surface area (TPSA) is 84.1 Å². The molecule has 1 saturated carbocycles. The Labute approximate surface area is 240 Å². The first kappa shape index (κ1) is 26.0. The zero-order valence-corrected chi connectivity index (χ0v) is 23.8. The molecule has 41 heavy (non-hydrogen) atoms. The number of pyridine rings is 1. The van der Waals surface area contributed by atoms with Gasteiger partial charge in [-0.25, -0.2) is 19.3 Å². The van der Waals surface area contributed by atoms with Gasteiger partial charge in [-0.05, 0) is 100 Å². The van der Waals surface area contributed by atoms with Crippen molar-refractivity contribution >= 4 is 28.4 Å². The molecule has 2 aliphatic heterocycles. The van der Waals surface area contributed by atoms with Gasteiger partial charge in [0, 0.05) is 42.3 Å². The zero-order chi connectivity index (χ0) is 28.0. The van der Waals surface area contributed by atoms with Crippen LogP contribution in [-0.4, -0.2) is 62.4 Å². The highest BCUT2D eigenvalue weighted by Gasteiger charge is 2.36. The van der Waals surface area contributed by atoms with Crippen LogP contribution < -0.4 is 15.8 Å². The van der Waals surface area contributed by atoms with Crippen molar-refractivity contribution < 1.29 is 0 Å². The van der Waals surface area contributed by atoms with E-state index in [0.717, 1.165) is 37.3 Å². The average Bonchev–Trinajstić information content (AvgIpc) is 3.82. The van der Waals surface area contributed by atoms with Crippen LogP contribution in [0.3, 0.4) is 0 Å². The lowest BCUT2D eigenvalue weighted by atomic mass is 9.71. The van der Waals surface area contributed by atoms with Crippen LogP contribution in [0.5, 0.6) is 0 Å². The minimum absolute atomic E-state index is 0.155. The van der Waals surface area contributed by atoms with Crippen LogP contribution in [0.25, 0.3) is 16.9 Å². The van der Waals surface area contributed by atoms with E-state index in [1.54, 1.807) is 21.6 Å². The van der Waals surface area contributed by atoms with Gasteiger partial charge >= 0.3 is 0 Å². The lowest BCUT2D eigenvalue weighted by Crippen LogP contribution is -2.46. The van der Waals surface area contributed by atoms with Crippen LogP contribution in [0.2, 0.25) is 0 Å². The van der Waals surface area contributed by atoms with Gasteiger partial charge in [0.15, 0.2) is 11.5 Å². The van der Waals surface area contributed by atoms with Gasteiger partial charge in [-0.1, -0.05) is 12.1 Å². The highest BCUT2D eigenvalue weighted by atomic mass is 16.1. The average molecular weight is 551 g/mol. The van der Waals surface area contributed by atoms with Crippen molar-refractivity contribution in [1.82, 2.24) is 29.2 Å². The molecule has 7 rings (SSSR count). The molecule has 4 aromatic rings. The van der Waals surface area contributed by atoms with E-state index < -0.39 is 0 Å². The highest BCUT2D eigenvalue weighted by molar-refractivity contribution is 5.77. The lowest BCUT2D eigenvalue weighted by molar-refractivity contribution is 0.0945. The molecule has 0 bridgehead atoms. The molecule has 0 amide bonds. The van der Waals surface area contributed by atoms with Gasteiger partial charge in [0.2, 0.25) is 5.95 Å². The van der Waals surface area contributed by atoms with E-state index in [1.807, 2.05) is 12.1 Å². The number of nitrogens with zero attached hydrogens (tertiary/aromatic N) is 7. The number of nitrogens with one attached hydrogen (secondary N) is 1. The first-order chi connectivity index (χ1) is 20.0. The van der Waals surface area contributed by atoms with Crippen molar-refractivity contribution in [3.63, 3.8) is 0 Å². The number of hydrogen-bond donors (Lipinski definition) is 1. The maximum Gasteiger partial charge on any atom is 0.278 e. The van der Waals surface area contributed by atoms with E-state index in [-0.39, 0.29) is 5.56 Å². The molecule has 3 aliphatic rings. The Morgan fingerprint density at radius 2 is 1.73 bits per heavy atom. The van der Waals surface area contributed by atoms with Gasteiger partial charge in [-0.2, -0.15) is 4.98 Å². The molecule has 9 nitrogen and oxygen atoms in total. The smallest absolute Gasteiger partial charge is 0.278 e. The minimum Gasteiger partial charge on any atom is -0.371 e. The molecule has 9 heteroatoms. The number of anilines is 3. The number of allylic oxidation sites excluding steroid dienone is 1. The Balaban J connectivity index is 1.11. The third-order valence-corrected chi connectivity index (χ3v) is 9.31. The summed E-state index contributed by atoms with van der Waals surface area (Å²) < 4.78 is 3.42. The van der Waals surface area contributed by atoms with E-state index in [0.29, 0.717) is 40.7 Å². The van der Waals surface area contributed by atoms with Crippen LogP contribution in [0.1, 0.15) is 50.1 Å². The molecule has 1 spiro atoms. The minimum atomic E-state index is -0.155. The molecule has 0 atom stereocenters. The fraction of sp³-hybridized carbons (Fsp3) is 0.438. The predicted molar refractivity (Wildman–Crippen MR) is 163 cm³/mol. The Hall–Kier alpha value is -3.98. The number of aromatic nitrogens is 5. The Morgan fingerprint density at radius 3 is 2.44 bits per heavy atom. The summed E-state index contributed by atoms with van der Waals surface area (Å²) in [6, 6.07) is 14.5. The van der Waals surface area contributed by atoms with Crippen molar-refractivity contribution in [3.05, 3.63) is 77.4 Å². The van der Waals surface area contributed by atoms with Gasteiger partial charge in [0.1, 0.15) is 5.39 Å². The highest BCUT2D eigenvalue weighted by Crippen LogP contribution is 2.42. The molecule has 3 fully saturated rings. The van der Waals surface area contributed by atoms with E-state index in [9.17, 15) is 4.79 Å². The molecule has 1 N–H and O–H groups in total. The number of benzene rings is 1. The monoisotopic (exact) mass is 550 g/mol. The standard InChI is InChI=1S/C32H38N8O/c1-3-17-39-30(41)26-22-33-31(36-29(26)40(39)28-6-4-5-27(35-28)23-7-8-23)34-24-9-11-25(12-10-24)38-20-15-32(16-21-38)13-18-37(2)19-14-32/h3-6,9-12,22-23H,1,7-8,13-21H2,2H3,(H,33,34,36). The predicted octanol–water partition coefficient (Wildman–Crippen LogP) is 5.10. The summed E-state index contributed by atoms with van der Waals surface area (Å²) in [5.41, 5.74) is 4.14. The molecular formula is C32H38N8O. The van der Waals surface area contributed by atoms with E-state index in [2.05, 4.69) is 64.1 Å². The molecule has 212 valence electrons. The van der Waals surface area contributed by atoms with Crippen LogP contribution in [0.4, 0.5) is 17.3 Å². The van der Waals surface area contributed by atoms with Crippen molar-refractivity contribution in [3.8, 4) is 5.82 Å². The molecule has 3 aromatic heterocycles. The summed E-state index contributed by atoms with van der Waals surface area (Å²) in [4.78, 5) is 32.4. The Bertz CT molecular complexity index is 1620. The van der Waals surface area contributed by atoms with Gasteiger partial charge in [-0.15, -0.1) is 6.58 Å². The van der Waals surface area contributed by atoms with E-state index in [1.165, 1.54) is 44.5 Å². The summed E-state index contributed by atoms with van der Waals surface area (Å²) >= 11 is 0. The normalized spacial score (nSPS) is 19.1. The Morgan fingerprint density at radius 1 is 1.00 bits per heavy atom. The van der Waals surface area contributed by atoms with Gasteiger partial charge in [0.25, 0.3) is 5.56 Å². The van der Waals surface area contributed by atoms with Crippen molar-refractivity contribution in [1.29, 1.82) is 0 Å².